The summed E-state index contributed by atoms with van der Waals surface area (Å²) in [5.74, 6) is 0.727. The first-order chi connectivity index (χ1) is 15.2. The third kappa shape index (κ3) is 4.05. The number of nitrogens with zero attached hydrogens (tertiary/aromatic N) is 4. The van der Waals surface area contributed by atoms with E-state index in [0.29, 0.717) is 6.42 Å². The van der Waals surface area contributed by atoms with Crippen LogP contribution in [0.3, 0.4) is 0 Å². The number of aryl methyl sites for hydroxylation is 1. The Kier molecular flexibility index (Phi) is 5.19. The molecule has 0 amide bonds. The maximum Gasteiger partial charge on any atom is 0.154 e. The largest absolute Gasteiger partial charge is 0.396 e. The molecule has 31 heavy (non-hydrogen) atoms. The van der Waals surface area contributed by atoms with Gasteiger partial charge in [0.05, 0.1) is 22.6 Å². The number of aliphatic hydroxyl groups is 1. The zero-order chi connectivity index (χ0) is 21.2. The van der Waals surface area contributed by atoms with E-state index in [4.69, 9.17) is 5.10 Å². The van der Waals surface area contributed by atoms with Gasteiger partial charge < -0.3 is 10.4 Å². The SMILES string of the molecule is Cc1nc(-c2cccc(Nc3ccc4ncc(-c5cccc(CCO)c5)n4n3)c2)cs1. The molecule has 0 saturated carbocycles. The molecule has 0 bridgehead atoms. The van der Waals surface area contributed by atoms with E-state index in [1.807, 2.05) is 60.1 Å². The van der Waals surface area contributed by atoms with Crippen molar-refractivity contribution >= 4 is 28.5 Å². The Morgan fingerprint density at radius 3 is 2.74 bits per heavy atom. The summed E-state index contributed by atoms with van der Waals surface area (Å²) in [6.45, 7) is 2.14. The second kappa shape index (κ2) is 8.29. The molecule has 6 nitrogen and oxygen atoms in total. The smallest absolute Gasteiger partial charge is 0.154 e. The lowest BCUT2D eigenvalue weighted by Crippen LogP contribution is -2.00. The standard InChI is InChI=1S/C24H21N5OS/c1-16-26-21(15-31-16)18-5-3-7-20(13-18)27-23-8-9-24-25-14-22(29(24)28-23)19-6-2-4-17(12-19)10-11-30/h2-9,12-15,30H,10-11H2,1H3,(H,27,28). The van der Waals surface area contributed by atoms with Crippen LogP contribution < -0.4 is 5.32 Å². The molecule has 0 aliphatic rings. The number of anilines is 2. The van der Waals surface area contributed by atoms with Gasteiger partial charge in [-0.2, -0.15) is 0 Å². The van der Waals surface area contributed by atoms with Gasteiger partial charge in [-0.05, 0) is 49.2 Å². The van der Waals surface area contributed by atoms with Crippen LogP contribution in [-0.4, -0.2) is 31.3 Å². The summed E-state index contributed by atoms with van der Waals surface area (Å²) in [7, 11) is 0. The topological polar surface area (TPSA) is 75.3 Å². The van der Waals surface area contributed by atoms with E-state index in [1.54, 1.807) is 11.3 Å². The van der Waals surface area contributed by atoms with Gasteiger partial charge in [0, 0.05) is 28.8 Å². The Hall–Kier alpha value is -3.55. The first kappa shape index (κ1) is 19.4. The minimum atomic E-state index is 0.127. The summed E-state index contributed by atoms with van der Waals surface area (Å²) in [6, 6.07) is 20.1. The molecule has 0 saturated heterocycles. The number of benzene rings is 2. The Bertz CT molecular complexity index is 1360. The lowest BCUT2D eigenvalue weighted by molar-refractivity contribution is 0.299. The van der Waals surface area contributed by atoms with Crippen LogP contribution in [0.2, 0.25) is 0 Å². The molecule has 5 aromatic rings. The van der Waals surface area contributed by atoms with Crippen molar-refractivity contribution in [2.45, 2.75) is 13.3 Å². The van der Waals surface area contributed by atoms with E-state index in [0.717, 1.165) is 50.2 Å². The molecule has 2 aromatic carbocycles. The minimum Gasteiger partial charge on any atom is -0.396 e. The fourth-order valence-electron chi connectivity index (χ4n) is 3.55. The second-order valence-electron chi connectivity index (χ2n) is 7.26. The van der Waals surface area contributed by atoms with E-state index >= 15 is 0 Å². The van der Waals surface area contributed by atoms with Gasteiger partial charge in [0.15, 0.2) is 11.5 Å². The third-order valence-electron chi connectivity index (χ3n) is 5.04. The average molecular weight is 428 g/mol. The van der Waals surface area contributed by atoms with Crippen LogP contribution in [0.4, 0.5) is 11.5 Å². The molecule has 3 heterocycles. The van der Waals surface area contributed by atoms with Gasteiger partial charge in [-0.25, -0.2) is 14.5 Å². The number of hydrogen-bond donors (Lipinski definition) is 2. The Morgan fingerprint density at radius 2 is 1.90 bits per heavy atom. The zero-order valence-corrected chi connectivity index (χ0v) is 17.8. The fourth-order valence-corrected chi connectivity index (χ4v) is 4.17. The maximum absolute atomic E-state index is 9.24. The summed E-state index contributed by atoms with van der Waals surface area (Å²) in [5.41, 5.74) is 6.78. The summed E-state index contributed by atoms with van der Waals surface area (Å²) >= 11 is 1.65. The van der Waals surface area contributed by atoms with Crippen molar-refractivity contribution in [1.82, 2.24) is 19.6 Å². The molecule has 0 aliphatic heterocycles. The first-order valence-electron chi connectivity index (χ1n) is 10.0. The predicted octanol–water partition coefficient (Wildman–Crippen LogP) is 5.11. The highest BCUT2D eigenvalue weighted by molar-refractivity contribution is 7.09. The van der Waals surface area contributed by atoms with Crippen LogP contribution in [0.15, 0.2) is 72.2 Å². The molecule has 7 heteroatoms. The number of hydrogen-bond acceptors (Lipinski definition) is 6. The minimum absolute atomic E-state index is 0.127. The Morgan fingerprint density at radius 1 is 1.03 bits per heavy atom. The predicted molar refractivity (Wildman–Crippen MR) is 125 cm³/mol. The molecule has 0 spiro atoms. The molecule has 3 aromatic heterocycles. The van der Waals surface area contributed by atoms with Crippen LogP contribution >= 0.6 is 11.3 Å². The highest BCUT2D eigenvalue weighted by Crippen LogP contribution is 2.26. The van der Waals surface area contributed by atoms with Crippen LogP contribution in [0.25, 0.3) is 28.2 Å². The third-order valence-corrected chi connectivity index (χ3v) is 5.81. The summed E-state index contributed by atoms with van der Waals surface area (Å²) in [4.78, 5) is 9.07. The number of imidazole rings is 1. The number of rotatable bonds is 6. The average Bonchev–Trinajstić information content (AvgIpc) is 3.40. The molecule has 0 radical (unpaired) electrons. The molecule has 154 valence electrons. The normalized spacial score (nSPS) is 11.2. The Balaban J connectivity index is 1.47. The van der Waals surface area contributed by atoms with Gasteiger partial charge in [-0.3, -0.25) is 0 Å². The van der Waals surface area contributed by atoms with Gasteiger partial charge in [-0.15, -0.1) is 16.4 Å². The summed E-state index contributed by atoms with van der Waals surface area (Å²) in [6.07, 6.45) is 2.45. The van der Waals surface area contributed by atoms with Gasteiger partial charge in [0.2, 0.25) is 0 Å². The summed E-state index contributed by atoms with van der Waals surface area (Å²) < 4.78 is 1.84. The van der Waals surface area contributed by atoms with Gasteiger partial charge in [-0.1, -0.05) is 30.3 Å². The molecule has 0 aliphatic carbocycles. The highest BCUT2D eigenvalue weighted by atomic mass is 32.1. The van der Waals surface area contributed by atoms with E-state index in [2.05, 4.69) is 38.9 Å². The molecule has 0 fully saturated rings. The molecular formula is C24H21N5OS. The van der Waals surface area contributed by atoms with Crippen LogP contribution in [0, 0.1) is 6.92 Å². The molecular weight excluding hydrogens is 406 g/mol. The molecule has 0 atom stereocenters. The first-order valence-corrected chi connectivity index (χ1v) is 10.9. The number of thiazole rings is 1. The van der Waals surface area contributed by atoms with Gasteiger partial charge >= 0.3 is 0 Å². The van der Waals surface area contributed by atoms with Gasteiger partial charge in [0.25, 0.3) is 0 Å². The van der Waals surface area contributed by atoms with Crippen LogP contribution in [0.5, 0.6) is 0 Å². The van der Waals surface area contributed by atoms with Crippen molar-refractivity contribution in [3.05, 3.63) is 82.8 Å². The molecule has 0 unspecified atom stereocenters. The lowest BCUT2D eigenvalue weighted by atomic mass is 10.1. The molecule has 5 rings (SSSR count). The zero-order valence-electron chi connectivity index (χ0n) is 17.0. The second-order valence-corrected chi connectivity index (χ2v) is 8.33. The maximum atomic E-state index is 9.24. The summed E-state index contributed by atoms with van der Waals surface area (Å²) in [5, 5.41) is 20.5. The number of nitrogens with one attached hydrogen (secondary N) is 1. The van der Waals surface area contributed by atoms with E-state index in [9.17, 15) is 5.11 Å². The van der Waals surface area contributed by atoms with Crippen molar-refractivity contribution in [3.8, 4) is 22.5 Å². The monoisotopic (exact) mass is 427 g/mol. The van der Waals surface area contributed by atoms with Gasteiger partial charge in [0.1, 0.15) is 0 Å². The van der Waals surface area contributed by atoms with E-state index < -0.39 is 0 Å². The van der Waals surface area contributed by atoms with Crippen LogP contribution in [-0.2, 0) is 6.42 Å². The molecule has 2 N–H and O–H groups in total. The quantitative estimate of drug-likeness (QED) is 0.394. The van der Waals surface area contributed by atoms with E-state index in [1.165, 1.54) is 0 Å². The number of fused-ring (bicyclic) bond motifs is 1. The van der Waals surface area contributed by atoms with Crippen molar-refractivity contribution in [2.75, 3.05) is 11.9 Å². The number of aliphatic hydroxyl groups excluding tert-OH is 1. The van der Waals surface area contributed by atoms with Crippen molar-refractivity contribution in [1.29, 1.82) is 0 Å². The van der Waals surface area contributed by atoms with Crippen LogP contribution in [0.1, 0.15) is 10.6 Å². The van der Waals surface area contributed by atoms with Crippen molar-refractivity contribution in [2.24, 2.45) is 0 Å². The Labute approximate surface area is 183 Å². The van der Waals surface area contributed by atoms with Crippen molar-refractivity contribution < 1.29 is 5.11 Å². The highest BCUT2D eigenvalue weighted by Gasteiger charge is 2.10. The fraction of sp³-hybridized carbons (Fsp3) is 0.125. The van der Waals surface area contributed by atoms with E-state index in [-0.39, 0.29) is 6.61 Å². The lowest BCUT2D eigenvalue weighted by Gasteiger charge is -2.09. The number of aromatic nitrogens is 4. The van der Waals surface area contributed by atoms with Crippen molar-refractivity contribution in [3.63, 3.8) is 0 Å².